The Bertz CT molecular complexity index is 1220. The van der Waals surface area contributed by atoms with E-state index in [9.17, 15) is 13.2 Å². The molecule has 0 saturated heterocycles. The molecular formula is C24H20F3N5. The Kier molecular flexibility index (Phi) is 4.73. The molecule has 2 N–H and O–H groups in total. The fourth-order valence-corrected chi connectivity index (χ4v) is 4.37. The molecule has 0 fully saturated rings. The van der Waals surface area contributed by atoms with E-state index in [0.717, 1.165) is 35.5 Å². The summed E-state index contributed by atoms with van der Waals surface area (Å²) in [6.45, 7) is 1.38. The standard InChI is InChI=1S/C24H20F3N5/c25-24(26,27)20-7-2-5-17(15-20)16-4-1-6-19(14-16)23(18-8-11-29-12-9-18)21-30-10-3-13-32(21)22(28)31-23/h1-2,4-9,11-12,14-15H,3,10,13H2,(H2,28,31). The zero-order valence-electron chi connectivity index (χ0n) is 17.0. The van der Waals surface area contributed by atoms with Crippen LogP contribution in [0.2, 0.25) is 0 Å². The van der Waals surface area contributed by atoms with Crippen LogP contribution in [0.25, 0.3) is 11.1 Å². The van der Waals surface area contributed by atoms with Crippen molar-refractivity contribution in [2.24, 2.45) is 15.7 Å². The van der Waals surface area contributed by atoms with Crippen molar-refractivity contribution in [1.29, 1.82) is 0 Å². The molecule has 1 aromatic heterocycles. The highest BCUT2D eigenvalue weighted by Gasteiger charge is 2.49. The topological polar surface area (TPSA) is 66.9 Å². The van der Waals surface area contributed by atoms with E-state index in [4.69, 9.17) is 15.7 Å². The molecular weight excluding hydrogens is 415 g/mol. The normalized spacial score (nSPS) is 20.5. The monoisotopic (exact) mass is 435 g/mol. The Labute approximate surface area is 183 Å². The van der Waals surface area contributed by atoms with Gasteiger partial charge in [-0.3, -0.25) is 14.9 Å². The van der Waals surface area contributed by atoms with Gasteiger partial charge in [0.1, 0.15) is 5.84 Å². The number of hydrogen-bond acceptors (Lipinski definition) is 5. The van der Waals surface area contributed by atoms with Gasteiger partial charge in [0.2, 0.25) is 0 Å². The quantitative estimate of drug-likeness (QED) is 0.661. The second-order valence-corrected chi connectivity index (χ2v) is 7.79. The number of halogens is 3. The zero-order valence-corrected chi connectivity index (χ0v) is 17.0. The summed E-state index contributed by atoms with van der Waals surface area (Å²) >= 11 is 0. The van der Waals surface area contributed by atoms with Crippen molar-refractivity contribution in [2.45, 2.75) is 18.1 Å². The third-order valence-electron chi connectivity index (χ3n) is 5.84. The number of hydrogen-bond donors (Lipinski definition) is 1. The Morgan fingerprint density at radius 3 is 2.38 bits per heavy atom. The Morgan fingerprint density at radius 2 is 1.62 bits per heavy atom. The number of fused-ring (bicyclic) bond motifs is 1. The van der Waals surface area contributed by atoms with Crippen LogP contribution in [0.4, 0.5) is 13.2 Å². The van der Waals surface area contributed by atoms with Gasteiger partial charge in [0, 0.05) is 25.5 Å². The number of pyridine rings is 1. The van der Waals surface area contributed by atoms with Crippen molar-refractivity contribution < 1.29 is 13.2 Å². The first-order valence-corrected chi connectivity index (χ1v) is 10.3. The maximum Gasteiger partial charge on any atom is 0.416 e. The summed E-state index contributed by atoms with van der Waals surface area (Å²) < 4.78 is 39.8. The summed E-state index contributed by atoms with van der Waals surface area (Å²) in [4.78, 5) is 15.7. The maximum atomic E-state index is 13.3. The first-order chi connectivity index (χ1) is 15.4. The van der Waals surface area contributed by atoms with E-state index in [2.05, 4.69) is 4.98 Å². The maximum absolute atomic E-state index is 13.3. The van der Waals surface area contributed by atoms with E-state index in [1.165, 1.54) is 6.07 Å². The number of alkyl halides is 3. The largest absolute Gasteiger partial charge is 0.416 e. The third-order valence-corrected chi connectivity index (χ3v) is 5.84. The number of aliphatic imine (C=N–C) groups is 2. The second kappa shape index (κ2) is 7.47. The molecule has 1 unspecified atom stereocenters. The highest BCUT2D eigenvalue weighted by molar-refractivity contribution is 6.12. The SMILES string of the molecule is NC1=NC(c2ccncc2)(c2cccc(-c3cccc(C(F)(F)F)c3)c2)C2=NCCCN12. The summed E-state index contributed by atoms with van der Waals surface area (Å²) in [5.41, 5.74) is 7.41. The van der Waals surface area contributed by atoms with Crippen LogP contribution in [0.3, 0.4) is 0 Å². The number of nitrogens with two attached hydrogens (primary N) is 1. The van der Waals surface area contributed by atoms with Gasteiger partial charge in [-0.05, 0) is 59.0 Å². The molecule has 0 saturated carbocycles. The van der Waals surface area contributed by atoms with Gasteiger partial charge >= 0.3 is 6.18 Å². The minimum atomic E-state index is -4.41. The molecule has 0 spiro atoms. The molecule has 3 heterocycles. The van der Waals surface area contributed by atoms with Crippen LogP contribution in [0.15, 0.2) is 83.0 Å². The van der Waals surface area contributed by atoms with Crippen molar-refractivity contribution in [1.82, 2.24) is 9.88 Å². The Balaban J connectivity index is 1.70. The van der Waals surface area contributed by atoms with E-state index in [0.29, 0.717) is 30.2 Å². The smallest absolute Gasteiger partial charge is 0.369 e. The molecule has 8 heteroatoms. The fraction of sp³-hybridized carbons (Fsp3) is 0.208. The summed E-state index contributed by atoms with van der Waals surface area (Å²) in [6, 6.07) is 16.5. The summed E-state index contributed by atoms with van der Waals surface area (Å²) in [6.07, 6.45) is -0.166. The van der Waals surface area contributed by atoms with Crippen LogP contribution in [-0.2, 0) is 11.7 Å². The van der Waals surface area contributed by atoms with Crippen molar-refractivity contribution >= 4 is 11.8 Å². The summed E-state index contributed by atoms with van der Waals surface area (Å²) in [5.74, 6) is 1.11. The first kappa shape index (κ1) is 20.2. The predicted molar refractivity (Wildman–Crippen MR) is 117 cm³/mol. The van der Waals surface area contributed by atoms with Gasteiger partial charge in [0.15, 0.2) is 11.5 Å². The second-order valence-electron chi connectivity index (χ2n) is 7.79. The first-order valence-electron chi connectivity index (χ1n) is 10.3. The van der Waals surface area contributed by atoms with Gasteiger partial charge in [0.05, 0.1) is 5.56 Å². The number of aromatic nitrogens is 1. The van der Waals surface area contributed by atoms with Crippen LogP contribution in [0, 0.1) is 0 Å². The lowest BCUT2D eigenvalue weighted by atomic mass is 9.81. The zero-order chi connectivity index (χ0) is 22.3. The minimum Gasteiger partial charge on any atom is -0.369 e. The van der Waals surface area contributed by atoms with Gasteiger partial charge in [0.25, 0.3) is 0 Å². The molecule has 2 aromatic carbocycles. The molecule has 5 nitrogen and oxygen atoms in total. The Morgan fingerprint density at radius 1 is 0.906 bits per heavy atom. The Hall–Kier alpha value is -3.68. The molecule has 2 aliphatic heterocycles. The number of rotatable bonds is 3. The van der Waals surface area contributed by atoms with Crippen LogP contribution < -0.4 is 5.73 Å². The van der Waals surface area contributed by atoms with Gasteiger partial charge in [-0.25, -0.2) is 4.99 Å². The van der Waals surface area contributed by atoms with E-state index >= 15 is 0 Å². The predicted octanol–water partition coefficient (Wildman–Crippen LogP) is 4.44. The van der Waals surface area contributed by atoms with E-state index in [1.54, 1.807) is 24.5 Å². The molecule has 32 heavy (non-hydrogen) atoms. The molecule has 0 bridgehead atoms. The number of guanidine groups is 1. The van der Waals surface area contributed by atoms with Crippen molar-refractivity contribution in [3.8, 4) is 11.1 Å². The van der Waals surface area contributed by atoms with Crippen LogP contribution >= 0.6 is 0 Å². The lowest BCUT2D eigenvalue weighted by molar-refractivity contribution is -0.137. The van der Waals surface area contributed by atoms with Crippen molar-refractivity contribution in [2.75, 3.05) is 13.1 Å². The molecule has 3 aromatic rings. The molecule has 1 atom stereocenters. The van der Waals surface area contributed by atoms with Gasteiger partial charge < -0.3 is 5.73 Å². The van der Waals surface area contributed by atoms with Crippen LogP contribution in [0.5, 0.6) is 0 Å². The van der Waals surface area contributed by atoms with E-state index in [1.807, 2.05) is 35.2 Å². The number of benzene rings is 2. The van der Waals surface area contributed by atoms with Crippen LogP contribution in [0.1, 0.15) is 23.1 Å². The van der Waals surface area contributed by atoms with E-state index < -0.39 is 17.3 Å². The summed E-state index contributed by atoms with van der Waals surface area (Å²) in [5, 5.41) is 0. The highest BCUT2D eigenvalue weighted by Crippen LogP contribution is 2.42. The average Bonchev–Trinajstić information content (AvgIpc) is 3.13. The van der Waals surface area contributed by atoms with E-state index in [-0.39, 0.29) is 0 Å². The van der Waals surface area contributed by atoms with Gasteiger partial charge in [-0.15, -0.1) is 0 Å². The number of nitrogens with zero attached hydrogens (tertiary/aromatic N) is 4. The fourth-order valence-electron chi connectivity index (χ4n) is 4.37. The minimum absolute atomic E-state index is 0.379. The molecule has 162 valence electrons. The van der Waals surface area contributed by atoms with Crippen molar-refractivity contribution in [3.63, 3.8) is 0 Å². The average molecular weight is 435 g/mol. The van der Waals surface area contributed by atoms with Gasteiger partial charge in [-0.2, -0.15) is 13.2 Å². The summed E-state index contributed by atoms with van der Waals surface area (Å²) in [7, 11) is 0. The lowest BCUT2D eigenvalue weighted by Gasteiger charge is -2.33. The van der Waals surface area contributed by atoms with Gasteiger partial charge in [-0.1, -0.05) is 30.3 Å². The molecule has 5 rings (SSSR count). The van der Waals surface area contributed by atoms with Crippen molar-refractivity contribution in [3.05, 3.63) is 89.7 Å². The lowest BCUT2D eigenvalue weighted by Crippen LogP contribution is -2.46. The third kappa shape index (κ3) is 3.23. The van der Waals surface area contributed by atoms with Crippen LogP contribution in [-0.4, -0.2) is 34.8 Å². The number of amidine groups is 1. The molecule has 0 aliphatic carbocycles. The molecule has 0 amide bonds. The molecule has 2 aliphatic rings. The highest BCUT2D eigenvalue weighted by atomic mass is 19.4. The molecule has 0 radical (unpaired) electrons.